The number of aryl methyl sites for hydroxylation is 3. The zero-order valence-electron chi connectivity index (χ0n) is 15.8. The summed E-state index contributed by atoms with van der Waals surface area (Å²) >= 11 is 1.45. The number of nitrogens with zero attached hydrogens (tertiary/aromatic N) is 2. The van der Waals surface area contributed by atoms with Gasteiger partial charge in [0.25, 0.3) is 0 Å². The summed E-state index contributed by atoms with van der Waals surface area (Å²) in [7, 11) is 0. The van der Waals surface area contributed by atoms with Crippen molar-refractivity contribution in [2.75, 3.05) is 0 Å². The first-order chi connectivity index (χ1) is 13.5. The van der Waals surface area contributed by atoms with Gasteiger partial charge < -0.3 is 0 Å². The smallest absolute Gasteiger partial charge is 0.145 e. The van der Waals surface area contributed by atoms with Gasteiger partial charge in [0.2, 0.25) is 0 Å². The van der Waals surface area contributed by atoms with E-state index in [2.05, 4.69) is 61.6 Å². The second-order valence-corrected chi connectivity index (χ2v) is 8.50. The maximum Gasteiger partial charge on any atom is 0.145 e. The van der Waals surface area contributed by atoms with Crippen LogP contribution in [0.2, 0.25) is 0 Å². The van der Waals surface area contributed by atoms with Crippen LogP contribution < -0.4 is 0 Å². The highest BCUT2D eigenvalue weighted by Crippen LogP contribution is 2.38. The summed E-state index contributed by atoms with van der Waals surface area (Å²) in [6, 6.07) is 15.0. The summed E-state index contributed by atoms with van der Waals surface area (Å²) < 4.78 is 17.6. The van der Waals surface area contributed by atoms with Crippen LogP contribution in [0, 0.1) is 26.6 Å². The molecule has 0 bridgehead atoms. The average molecular weight is 384 g/mol. The monoisotopic (exact) mass is 384 g/mol. The number of imidazole rings is 1. The summed E-state index contributed by atoms with van der Waals surface area (Å²) in [4.78, 5) is 4.90. The van der Waals surface area contributed by atoms with Gasteiger partial charge in [-0.25, -0.2) is 9.37 Å². The normalized spacial score (nSPS) is 12.3. The molecule has 4 heteroatoms. The largest absolute Gasteiger partial charge is 0.296 e. The van der Waals surface area contributed by atoms with E-state index in [1.54, 1.807) is 5.38 Å². The Bertz CT molecular complexity index is 1600. The van der Waals surface area contributed by atoms with Gasteiger partial charge in [-0.15, -0.1) is 11.3 Å². The Kier molecular flexibility index (Phi) is 3.03. The molecule has 0 spiro atoms. The molecule has 0 fully saturated rings. The molecule has 3 aromatic carbocycles. The van der Waals surface area contributed by atoms with E-state index >= 15 is 0 Å². The highest BCUT2D eigenvalue weighted by Gasteiger charge is 2.17. The molecule has 3 aromatic heterocycles. The fraction of sp³-hybridized carbons (Fsp3) is 0.125. The maximum absolute atomic E-state index is 14.4. The lowest BCUT2D eigenvalue weighted by Gasteiger charge is -2.12. The second-order valence-electron chi connectivity index (χ2n) is 7.58. The summed E-state index contributed by atoms with van der Waals surface area (Å²) in [5.74, 6) is -0.148. The molecule has 0 aliphatic rings. The molecule has 0 saturated heterocycles. The van der Waals surface area contributed by atoms with Crippen LogP contribution >= 0.6 is 11.3 Å². The van der Waals surface area contributed by atoms with E-state index in [1.165, 1.54) is 27.7 Å². The molecule has 28 heavy (non-hydrogen) atoms. The molecule has 0 radical (unpaired) electrons. The van der Waals surface area contributed by atoms with Crippen LogP contribution in [0.15, 0.2) is 47.8 Å². The Morgan fingerprint density at radius 3 is 2.57 bits per heavy atom. The molecular weight excluding hydrogens is 367 g/mol. The number of halogens is 1. The zero-order chi connectivity index (χ0) is 19.2. The molecule has 0 atom stereocenters. The van der Waals surface area contributed by atoms with Crippen LogP contribution in [0.3, 0.4) is 0 Å². The molecule has 0 aliphatic heterocycles. The Hall–Kier alpha value is -2.98. The van der Waals surface area contributed by atoms with E-state index in [0.717, 1.165) is 43.4 Å². The summed E-state index contributed by atoms with van der Waals surface area (Å²) in [5, 5.41) is 8.02. The zero-order valence-corrected chi connectivity index (χ0v) is 16.6. The highest BCUT2D eigenvalue weighted by atomic mass is 32.1. The van der Waals surface area contributed by atoms with Crippen LogP contribution in [0.5, 0.6) is 0 Å². The number of benzene rings is 3. The topological polar surface area (TPSA) is 17.3 Å². The van der Waals surface area contributed by atoms with Gasteiger partial charge in [-0.3, -0.25) is 4.40 Å². The minimum atomic E-state index is -0.148. The quantitative estimate of drug-likeness (QED) is 0.202. The Morgan fingerprint density at radius 1 is 0.893 bits per heavy atom. The third kappa shape index (κ3) is 1.93. The van der Waals surface area contributed by atoms with Crippen molar-refractivity contribution in [1.29, 1.82) is 0 Å². The third-order valence-electron chi connectivity index (χ3n) is 6.00. The van der Waals surface area contributed by atoms with Gasteiger partial charge >= 0.3 is 0 Å². The van der Waals surface area contributed by atoms with Gasteiger partial charge in [-0.1, -0.05) is 18.2 Å². The van der Waals surface area contributed by atoms with Crippen molar-refractivity contribution < 1.29 is 4.39 Å². The number of thiophene rings is 1. The van der Waals surface area contributed by atoms with Crippen LogP contribution in [0.1, 0.15) is 17.0 Å². The molecule has 0 amide bonds. The first-order valence-corrected chi connectivity index (χ1v) is 10.2. The van der Waals surface area contributed by atoms with Crippen molar-refractivity contribution in [3.8, 4) is 0 Å². The van der Waals surface area contributed by atoms with Crippen LogP contribution in [0.25, 0.3) is 48.2 Å². The molecule has 0 N–H and O–H groups in total. The number of hydrogen-bond donors (Lipinski definition) is 0. The lowest BCUT2D eigenvalue weighted by atomic mass is 9.98. The lowest BCUT2D eigenvalue weighted by molar-refractivity contribution is 0.644. The maximum atomic E-state index is 14.4. The molecule has 0 unspecified atom stereocenters. The predicted molar refractivity (Wildman–Crippen MR) is 117 cm³/mol. The lowest BCUT2D eigenvalue weighted by Crippen LogP contribution is -1.94. The van der Waals surface area contributed by atoms with E-state index in [0.29, 0.717) is 5.39 Å². The van der Waals surface area contributed by atoms with Gasteiger partial charge in [0.1, 0.15) is 11.5 Å². The van der Waals surface area contributed by atoms with Crippen LogP contribution in [-0.4, -0.2) is 9.38 Å². The number of rotatable bonds is 0. The molecule has 6 aromatic rings. The number of aromatic nitrogens is 2. The van der Waals surface area contributed by atoms with Crippen LogP contribution in [-0.2, 0) is 0 Å². The number of fused-ring (bicyclic) bond motifs is 8. The van der Waals surface area contributed by atoms with Gasteiger partial charge in [-0.2, -0.15) is 0 Å². The van der Waals surface area contributed by atoms with E-state index in [9.17, 15) is 4.39 Å². The third-order valence-corrected chi connectivity index (χ3v) is 6.91. The van der Waals surface area contributed by atoms with E-state index in [1.807, 2.05) is 6.07 Å². The van der Waals surface area contributed by atoms with Crippen LogP contribution in [0.4, 0.5) is 4.39 Å². The fourth-order valence-electron chi connectivity index (χ4n) is 4.41. The van der Waals surface area contributed by atoms with Crippen molar-refractivity contribution in [2.24, 2.45) is 0 Å². The summed E-state index contributed by atoms with van der Waals surface area (Å²) in [6.07, 6.45) is 0. The first-order valence-electron chi connectivity index (χ1n) is 9.34. The first kappa shape index (κ1) is 16.0. The molecule has 0 saturated carbocycles. The molecule has 136 valence electrons. The Morgan fingerprint density at radius 2 is 1.71 bits per heavy atom. The van der Waals surface area contributed by atoms with E-state index in [4.69, 9.17) is 4.98 Å². The van der Waals surface area contributed by atoms with Crippen molar-refractivity contribution in [1.82, 2.24) is 9.38 Å². The van der Waals surface area contributed by atoms with Gasteiger partial charge in [-0.05, 0) is 66.8 Å². The van der Waals surface area contributed by atoms with E-state index < -0.39 is 0 Å². The minimum Gasteiger partial charge on any atom is -0.296 e. The highest BCUT2D eigenvalue weighted by molar-refractivity contribution is 7.17. The summed E-state index contributed by atoms with van der Waals surface area (Å²) in [6.45, 7) is 6.29. The fourth-order valence-corrected chi connectivity index (χ4v) is 5.23. The molecule has 0 aliphatic carbocycles. The van der Waals surface area contributed by atoms with Crippen molar-refractivity contribution in [3.05, 3.63) is 70.6 Å². The van der Waals surface area contributed by atoms with E-state index in [-0.39, 0.29) is 5.82 Å². The second kappa shape index (κ2) is 5.30. The van der Waals surface area contributed by atoms with Gasteiger partial charge in [0, 0.05) is 31.9 Å². The number of hydrogen-bond acceptors (Lipinski definition) is 2. The average Bonchev–Trinajstić information content (AvgIpc) is 3.20. The number of pyridine rings is 1. The molecule has 3 heterocycles. The van der Waals surface area contributed by atoms with Gasteiger partial charge in [0.05, 0.1) is 11.2 Å². The molecule has 2 nitrogen and oxygen atoms in total. The molecular formula is C24H17FN2S. The van der Waals surface area contributed by atoms with Gasteiger partial charge in [0.15, 0.2) is 0 Å². The Balaban J connectivity index is 1.99. The Labute approximate surface area is 164 Å². The predicted octanol–water partition coefficient (Wildman–Crippen LogP) is 7.07. The summed E-state index contributed by atoms with van der Waals surface area (Å²) in [5.41, 5.74) is 5.45. The standard InChI is InChI=1S/C24H17FN2S/c1-12-5-4-6-15-7-19-17(8-16(12)15)18-9-20-21(25)11-28-23(20)10-22(18)27-14(3)13(2)26-24(19)27/h4-11H,1-3H3. The van der Waals surface area contributed by atoms with Crippen molar-refractivity contribution in [2.45, 2.75) is 20.8 Å². The SMILES string of the molecule is Cc1nc2c3cc4cccc(C)c4cc3c3cc4c(F)csc4cc3n2c1C. The minimum absolute atomic E-state index is 0.148. The van der Waals surface area contributed by atoms with Crippen molar-refractivity contribution in [3.63, 3.8) is 0 Å². The van der Waals surface area contributed by atoms with Crippen molar-refractivity contribution >= 4 is 59.5 Å². The molecule has 6 rings (SSSR count).